The lowest BCUT2D eigenvalue weighted by atomic mass is 9.89. The van der Waals surface area contributed by atoms with Gasteiger partial charge in [0.15, 0.2) is 0 Å². The number of rotatable bonds is 3. The number of methoxy groups -OCH3 is 1. The fourth-order valence-corrected chi connectivity index (χ4v) is 5.32. The lowest BCUT2D eigenvalue weighted by Crippen LogP contribution is -2.33. The third-order valence-electron chi connectivity index (χ3n) is 5.42. The first-order valence-corrected chi connectivity index (χ1v) is 9.65. The van der Waals surface area contributed by atoms with Gasteiger partial charge in [0.05, 0.1) is 16.3 Å². The Morgan fingerprint density at radius 1 is 1.15 bits per heavy atom. The van der Waals surface area contributed by atoms with Gasteiger partial charge in [0.2, 0.25) is 0 Å². The zero-order chi connectivity index (χ0) is 17.6. The van der Waals surface area contributed by atoms with Gasteiger partial charge in [-0.1, -0.05) is 23.7 Å². The lowest BCUT2D eigenvalue weighted by Gasteiger charge is -2.27. The molecule has 0 N–H and O–H groups in total. The molecule has 2 fully saturated rings. The average Bonchev–Trinajstić information content (AvgIpc) is 3.28. The van der Waals surface area contributed by atoms with Crippen molar-refractivity contribution in [3.05, 3.63) is 51.2 Å². The fourth-order valence-electron chi connectivity index (χ4n) is 4.31. The molecule has 0 aliphatic carbocycles. The second-order valence-corrected chi connectivity index (χ2v) is 8.61. The zero-order valence-corrected chi connectivity index (χ0v) is 17.1. The quantitative estimate of drug-likeness (QED) is 0.756. The van der Waals surface area contributed by atoms with Crippen molar-refractivity contribution in [2.75, 3.05) is 33.8 Å². The number of amides is 1. The maximum atomic E-state index is 12.7. The zero-order valence-electron chi connectivity index (χ0n) is 14.7. The smallest absolute Gasteiger partial charge is 0.263 e. The van der Waals surface area contributed by atoms with E-state index < -0.39 is 0 Å². The predicted molar refractivity (Wildman–Crippen MR) is 108 cm³/mol. The topological polar surface area (TPSA) is 32.8 Å². The Morgan fingerprint density at radius 3 is 2.50 bits per heavy atom. The second kappa shape index (κ2) is 7.77. The van der Waals surface area contributed by atoms with Crippen LogP contribution in [-0.4, -0.2) is 49.5 Å². The van der Waals surface area contributed by atoms with Crippen LogP contribution >= 0.6 is 35.3 Å². The van der Waals surface area contributed by atoms with Crippen LogP contribution in [0.4, 0.5) is 0 Å². The fraction of sp³-hybridized carbons (Fsp3) is 0.421. The van der Waals surface area contributed by atoms with Crippen molar-refractivity contribution in [3.63, 3.8) is 0 Å². The van der Waals surface area contributed by atoms with Crippen LogP contribution in [0.15, 0.2) is 36.4 Å². The number of hydrogen-bond donors (Lipinski definition) is 0. The highest BCUT2D eigenvalue weighted by molar-refractivity contribution is 7.17. The van der Waals surface area contributed by atoms with Crippen LogP contribution in [0, 0.1) is 11.8 Å². The van der Waals surface area contributed by atoms with Gasteiger partial charge in [0.1, 0.15) is 5.75 Å². The molecule has 26 heavy (non-hydrogen) atoms. The van der Waals surface area contributed by atoms with Crippen molar-refractivity contribution >= 4 is 41.3 Å². The Labute approximate surface area is 169 Å². The minimum absolute atomic E-state index is 0. The molecular formula is C19H22Cl2N2O2S. The van der Waals surface area contributed by atoms with Crippen molar-refractivity contribution in [1.82, 2.24) is 9.80 Å². The molecule has 2 aromatic rings. The van der Waals surface area contributed by atoms with Gasteiger partial charge in [0.25, 0.3) is 5.91 Å². The number of carbonyl (C=O) groups excluding carboxylic acids is 1. The summed E-state index contributed by atoms with van der Waals surface area (Å²) in [6.07, 6.45) is 0. The molecular weight excluding hydrogens is 391 g/mol. The van der Waals surface area contributed by atoms with Crippen molar-refractivity contribution < 1.29 is 9.53 Å². The molecule has 1 aromatic carbocycles. The first kappa shape index (κ1) is 19.5. The molecule has 7 heteroatoms. The van der Waals surface area contributed by atoms with Gasteiger partial charge in [-0.15, -0.1) is 23.7 Å². The molecule has 2 aliphatic rings. The molecule has 3 heterocycles. The molecule has 1 amide bonds. The van der Waals surface area contributed by atoms with Crippen LogP contribution in [-0.2, 0) is 0 Å². The Balaban J connectivity index is 0.00000196. The Morgan fingerprint density at radius 2 is 1.88 bits per heavy atom. The maximum Gasteiger partial charge on any atom is 0.263 e. The number of nitrogens with zero attached hydrogens (tertiary/aromatic N) is 2. The van der Waals surface area contributed by atoms with E-state index in [-0.39, 0.29) is 18.3 Å². The van der Waals surface area contributed by atoms with E-state index in [0.29, 0.717) is 22.2 Å². The molecule has 0 unspecified atom stereocenters. The van der Waals surface area contributed by atoms with E-state index >= 15 is 0 Å². The minimum atomic E-state index is 0. The lowest BCUT2D eigenvalue weighted by molar-refractivity contribution is 0.0772. The normalized spacial score (nSPS) is 25.0. The van der Waals surface area contributed by atoms with Crippen LogP contribution < -0.4 is 4.74 Å². The Bertz CT molecular complexity index is 780. The summed E-state index contributed by atoms with van der Waals surface area (Å²) < 4.78 is 5.93. The summed E-state index contributed by atoms with van der Waals surface area (Å²) in [6.45, 7) is 2.66. The van der Waals surface area contributed by atoms with Crippen LogP contribution in [0.25, 0.3) is 0 Å². The third kappa shape index (κ3) is 3.46. The highest BCUT2D eigenvalue weighted by Crippen LogP contribution is 2.44. The molecule has 4 nitrogen and oxygen atoms in total. The van der Waals surface area contributed by atoms with Crippen LogP contribution in [0.5, 0.6) is 5.75 Å². The first-order valence-electron chi connectivity index (χ1n) is 8.45. The highest BCUT2D eigenvalue weighted by Gasteiger charge is 2.47. The summed E-state index contributed by atoms with van der Waals surface area (Å²) in [6, 6.07) is 12.3. The van der Waals surface area contributed by atoms with Gasteiger partial charge in [-0.2, -0.15) is 0 Å². The number of fused-ring (bicyclic) bond motifs is 1. The number of thiophene rings is 1. The molecule has 0 spiro atoms. The molecule has 140 valence electrons. The number of ether oxygens (including phenoxy) is 1. The van der Waals surface area contributed by atoms with E-state index in [1.54, 1.807) is 13.2 Å². The summed E-state index contributed by atoms with van der Waals surface area (Å²) >= 11 is 7.35. The van der Waals surface area contributed by atoms with E-state index in [1.807, 2.05) is 23.1 Å². The third-order valence-corrected chi connectivity index (χ3v) is 6.64. The first-order chi connectivity index (χ1) is 12.1. The van der Waals surface area contributed by atoms with Gasteiger partial charge in [0, 0.05) is 31.6 Å². The standard InChI is InChI=1S/C19H21ClN2O2S.ClH/c1-21-9-13-10-22(19(23)16-7-8-17(20)25-16)11-15(13)18(21)12-3-5-14(24-2)6-4-12;/h3-8,13,15,18H,9-11H2,1-2H3;1H/t13-,15+,18-;/m0./s1. The van der Waals surface area contributed by atoms with Gasteiger partial charge >= 0.3 is 0 Å². The van der Waals surface area contributed by atoms with Crippen LogP contribution in [0.3, 0.4) is 0 Å². The maximum absolute atomic E-state index is 12.7. The van der Waals surface area contributed by atoms with Crippen molar-refractivity contribution in [1.29, 1.82) is 0 Å². The number of halogens is 2. The van der Waals surface area contributed by atoms with Gasteiger partial charge in [-0.05, 0) is 42.8 Å². The minimum Gasteiger partial charge on any atom is -0.497 e. The van der Waals surface area contributed by atoms with E-state index in [4.69, 9.17) is 16.3 Å². The largest absolute Gasteiger partial charge is 0.497 e. The molecule has 3 atom stereocenters. The highest BCUT2D eigenvalue weighted by atomic mass is 35.5. The van der Waals surface area contributed by atoms with E-state index in [9.17, 15) is 4.79 Å². The predicted octanol–water partition coefficient (Wildman–Crippen LogP) is 4.21. The second-order valence-electron chi connectivity index (χ2n) is 6.90. The summed E-state index contributed by atoms with van der Waals surface area (Å²) in [5.41, 5.74) is 1.30. The van der Waals surface area contributed by atoms with Gasteiger partial charge in [-0.3, -0.25) is 9.69 Å². The number of carbonyl (C=O) groups is 1. The molecule has 0 bridgehead atoms. The Kier molecular flexibility index (Phi) is 5.82. The molecule has 0 saturated carbocycles. The number of benzene rings is 1. The molecule has 4 rings (SSSR count). The van der Waals surface area contributed by atoms with Crippen molar-refractivity contribution in [2.45, 2.75) is 6.04 Å². The van der Waals surface area contributed by atoms with Crippen LogP contribution in [0.1, 0.15) is 21.3 Å². The SMILES string of the molecule is COc1ccc([C@H]2[C@@H]3CN(C(=O)c4ccc(Cl)s4)C[C@@H]3CN2C)cc1.Cl. The van der Waals surface area contributed by atoms with Gasteiger partial charge < -0.3 is 9.64 Å². The van der Waals surface area contributed by atoms with E-state index in [1.165, 1.54) is 16.9 Å². The van der Waals surface area contributed by atoms with Crippen LogP contribution in [0.2, 0.25) is 4.34 Å². The molecule has 1 aromatic heterocycles. The Hall–Kier alpha value is -1.27. The molecule has 0 radical (unpaired) electrons. The summed E-state index contributed by atoms with van der Waals surface area (Å²) in [5, 5.41) is 0. The molecule has 2 aliphatic heterocycles. The number of likely N-dealkylation sites (tertiary alicyclic amines) is 2. The van der Waals surface area contributed by atoms with E-state index in [0.717, 1.165) is 30.3 Å². The summed E-state index contributed by atoms with van der Waals surface area (Å²) in [7, 11) is 3.86. The monoisotopic (exact) mass is 412 g/mol. The average molecular weight is 413 g/mol. The van der Waals surface area contributed by atoms with Gasteiger partial charge in [-0.25, -0.2) is 0 Å². The van der Waals surface area contributed by atoms with E-state index in [2.05, 4.69) is 24.1 Å². The van der Waals surface area contributed by atoms with Crippen molar-refractivity contribution in [3.8, 4) is 5.75 Å². The number of hydrogen-bond acceptors (Lipinski definition) is 4. The van der Waals surface area contributed by atoms with Crippen molar-refractivity contribution in [2.24, 2.45) is 11.8 Å². The summed E-state index contributed by atoms with van der Waals surface area (Å²) in [5.74, 6) is 1.98. The summed E-state index contributed by atoms with van der Waals surface area (Å²) in [4.78, 5) is 17.9. The molecule has 2 saturated heterocycles.